The lowest BCUT2D eigenvalue weighted by molar-refractivity contribution is -0.124. The highest BCUT2D eigenvalue weighted by atomic mass is 35.5. The zero-order valence-electron chi connectivity index (χ0n) is 21.5. The van der Waals surface area contributed by atoms with Gasteiger partial charge in [-0.2, -0.15) is 4.98 Å². The minimum atomic E-state index is -0.974. The second kappa shape index (κ2) is 11.1. The molecule has 0 atom stereocenters. The number of rotatable bonds is 6. The number of halogens is 1. The van der Waals surface area contributed by atoms with Gasteiger partial charge in [-0.1, -0.05) is 27.7 Å². The summed E-state index contributed by atoms with van der Waals surface area (Å²) in [5, 5.41) is 10.2. The molecule has 7 nitrogen and oxygen atoms in total. The van der Waals surface area contributed by atoms with E-state index in [0.717, 1.165) is 56.2 Å². The van der Waals surface area contributed by atoms with Crippen molar-refractivity contribution in [2.45, 2.75) is 96.6 Å². The molecule has 0 aliphatic heterocycles. The number of ether oxygens (including phenoxy) is 1. The number of carbonyl (C=O) groups excluding carboxylic acids is 1. The van der Waals surface area contributed by atoms with Crippen molar-refractivity contribution < 1.29 is 19.4 Å². The van der Waals surface area contributed by atoms with Crippen LogP contribution in [0.25, 0.3) is 0 Å². The van der Waals surface area contributed by atoms with Gasteiger partial charge in [-0.15, -0.1) is 11.3 Å². The topological polar surface area (TPSA) is 92.6 Å². The normalized spacial score (nSPS) is 24.8. The van der Waals surface area contributed by atoms with Gasteiger partial charge < -0.3 is 14.7 Å². The van der Waals surface area contributed by atoms with E-state index in [4.69, 9.17) is 16.3 Å². The van der Waals surface area contributed by atoms with Gasteiger partial charge in [0.05, 0.1) is 5.69 Å². The lowest BCUT2D eigenvalue weighted by Crippen LogP contribution is -2.47. The summed E-state index contributed by atoms with van der Waals surface area (Å²) >= 11 is 7.18. The number of carboxylic acids is 1. The van der Waals surface area contributed by atoms with Crippen molar-refractivity contribution in [3.05, 3.63) is 33.4 Å². The van der Waals surface area contributed by atoms with Crippen LogP contribution in [-0.2, 0) is 10.2 Å². The Morgan fingerprint density at radius 2 is 1.78 bits per heavy atom. The van der Waals surface area contributed by atoms with E-state index in [1.165, 1.54) is 11.3 Å². The molecule has 4 rings (SSSR count). The smallest absolute Gasteiger partial charge is 0.348 e. The number of aromatic carboxylic acids is 1. The van der Waals surface area contributed by atoms with Gasteiger partial charge in [0.25, 0.3) is 0 Å². The predicted octanol–water partition coefficient (Wildman–Crippen LogP) is 6.74. The SMILES string of the molecule is CC(C)(C)c1cc(N(C(=O)[C@H]2CC[C@H](C)CC2)[C@H]2CC[C@H](Oc3ccnc(Cl)n3)CC2)c(C(=O)O)s1. The fraction of sp³-hybridized carbons (Fsp3) is 0.630. The van der Waals surface area contributed by atoms with Crippen LogP contribution in [-0.4, -0.2) is 39.1 Å². The summed E-state index contributed by atoms with van der Waals surface area (Å²) < 4.78 is 6.04. The fourth-order valence-electron chi connectivity index (χ4n) is 5.26. The van der Waals surface area contributed by atoms with Gasteiger partial charge in [-0.25, -0.2) is 9.78 Å². The Morgan fingerprint density at radius 3 is 2.36 bits per heavy atom. The second-order valence-electron chi connectivity index (χ2n) is 11.3. The van der Waals surface area contributed by atoms with Crippen molar-refractivity contribution in [1.82, 2.24) is 9.97 Å². The first-order valence-corrected chi connectivity index (χ1v) is 14.1. The molecule has 0 radical (unpaired) electrons. The number of aromatic nitrogens is 2. The van der Waals surface area contributed by atoms with E-state index in [9.17, 15) is 14.7 Å². The van der Waals surface area contributed by atoms with Crippen LogP contribution >= 0.6 is 22.9 Å². The molecule has 1 amide bonds. The largest absolute Gasteiger partial charge is 0.477 e. The highest BCUT2D eigenvalue weighted by molar-refractivity contribution is 7.14. The Balaban J connectivity index is 1.59. The van der Waals surface area contributed by atoms with Crippen LogP contribution in [0.2, 0.25) is 5.28 Å². The maximum Gasteiger partial charge on any atom is 0.348 e. The molecule has 2 aliphatic rings. The molecule has 196 valence electrons. The van der Waals surface area contributed by atoms with Crippen molar-refractivity contribution in [3.63, 3.8) is 0 Å². The molecule has 0 bridgehead atoms. The molecule has 36 heavy (non-hydrogen) atoms. The number of hydrogen-bond donors (Lipinski definition) is 1. The highest BCUT2D eigenvalue weighted by Gasteiger charge is 2.38. The molecule has 2 aliphatic carbocycles. The van der Waals surface area contributed by atoms with Crippen molar-refractivity contribution in [2.24, 2.45) is 11.8 Å². The molecule has 0 unspecified atom stereocenters. The van der Waals surface area contributed by atoms with Crippen molar-refractivity contribution in [3.8, 4) is 5.88 Å². The molecule has 0 aromatic carbocycles. The summed E-state index contributed by atoms with van der Waals surface area (Å²) in [6.45, 7) is 8.46. The van der Waals surface area contributed by atoms with Gasteiger partial charge in [0.15, 0.2) is 0 Å². The van der Waals surface area contributed by atoms with Gasteiger partial charge in [0.1, 0.15) is 11.0 Å². The van der Waals surface area contributed by atoms with Crippen molar-refractivity contribution in [2.75, 3.05) is 4.90 Å². The summed E-state index contributed by atoms with van der Waals surface area (Å²) in [6, 6.07) is 3.57. The molecule has 0 saturated heterocycles. The van der Waals surface area contributed by atoms with Gasteiger partial charge in [0.2, 0.25) is 17.1 Å². The third-order valence-electron chi connectivity index (χ3n) is 7.40. The quantitative estimate of drug-likeness (QED) is 0.413. The van der Waals surface area contributed by atoms with Gasteiger partial charge >= 0.3 is 5.97 Å². The van der Waals surface area contributed by atoms with E-state index in [-0.39, 0.29) is 39.5 Å². The van der Waals surface area contributed by atoms with E-state index in [2.05, 4.69) is 37.7 Å². The fourth-order valence-corrected chi connectivity index (χ4v) is 6.44. The van der Waals surface area contributed by atoms with Crippen molar-refractivity contribution in [1.29, 1.82) is 0 Å². The Morgan fingerprint density at radius 1 is 1.11 bits per heavy atom. The van der Waals surface area contributed by atoms with Crippen LogP contribution in [0.3, 0.4) is 0 Å². The lowest BCUT2D eigenvalue weighted by Gasteiger charge is -2.39. The molecule has 2 fully saturated rings. The number of carboxylic acid groups (broad SMARTS) is 1. The standard InChI is InChI=1S/C27H36ClN3O4S/c1-16-5-7-17(8-6-16)24(32)31(20-15-21(27(2,3)4)36-23(20)25(33)34)18-9-11-19(12-10-18)35-22-13-14-29-26(28)30-22/h13-19H,5-12H2,1-4H3,(H,33,34)/t16-,17-,18-,19-. The lowest BCUT2D eigenvalue weighted by atomic mass is 9.81. The van der Waals surface area contributed by atoms with Crippen LogP contribution in [0.5, 0.6) is 5.88 Å². The Bertz CT molecular complexity index is 1080. The molecule has 1 N–H and O–H groups in total. The first-order valence-electron chi connectivity index (χ1n) is 12.9. The minimum Gasteiger partial charge on any atom is -0.477 e. The average molecular weight is 534 g/mol. The van der Waals surface area contributed by atoms with E-state index in [1.54, 1.807) is 12.3 Å². The van der Waals surface area contributed by atoms with Gasteiger partial charge in [-0.3, -0.25) is 4.79 Å². The summed E-state index contributed by atoms with van der Waals surface area (Å²) in [7, 11) is 0. The second-order valence-corrected chi connectivity index (χ2v) is 12.6. The number of anilines is 1. The van der Waals surface area contributed by atoms with Gasteiger partial charge in [0, 0.05) is 29.1 Å². The number of hydrogen-bond acceptors (Lipinski definition) is 6. The number of amides is 1. The molecule has 0 spiro atoms. The van der Waals surface area contributed by atoms with E-state index >= 15 is 0 Å². The molecule has 2 heterocycles. The minimum absolute atomic E-state index is 0.0359. The number of carbonyl (C=O) groups is 2. The number of nitrogens with zero attached hydrogens (tertiary/aromatic N) is 3. The Hall–Kier alpha value is -2.19. The molecule has 2 aromatic rings. The summed E-state index contributed by atoms with van der Waals surface area (Å²) in [6.07, 6.45) is 8.29. The summed E-state index contributed by atoms with van der Waals surface area (Å²) in [5.41, 5.74) is 0.361. The molecule has 2 aromatic heterocycles. The molecule has 9 heteroatoms. The Labute approximate surface area is 222 Å². The zero-order chi connectivity index (χ0) is 26.0. The predicted molar refractivity (Wildman–Crippen MR) is 142 cm³/mol. The first kappa shape index (κ1) is 26.9. The third kappa shape index (κ3) is 6.20. The van der Waals surface area contributed by atoms with Crippen LogP contribution in [0, 0.1) is 11.8 Å². The van der Waals surface area contributed by atoms with E-state index < -0.39 is 5.97 Å². The maximum atomic E-state index is 14.0. The highest BCUT2D eigenvalue weighted by Crippen LogP contribution is 2.42. The van der Waals surface area contributed by atoms with Crippen LogP contribution in [0.1, 0.15) is 93.6 Å². The molecule has 2 saturated carbocycles. The van der Waals surface area contributed by atoms with Crippen LogP contribution in [0.4, 0.5) is 5.69 Å². The maximum absolute atomic E-state index is 14.0. The zero-order valence-corrected chi connectivity index (χ0v) is 23.1. The van der Waals surface area contributed by atoms with E-state index in [0.29, 0.717) is 17.5 Å². The first-order chi connectivity index (χ1) is 17.0. The summed E-state index contributed by atoms with van der Waals surface area (Å²) in [4.78, 5) is 37.4. The van der Waals surface area contributed by atoms with Crippen molar-refractivity contribution >= 4 is 40.5 Å². The Kier molecular flexibility index (Phi) is 8.25. The average Bonchev–Trinajstić information content (AvgIpc) is 3.27. The van der Waals surface area contributed by atoms with Crippen LogP contribution < -0.4 is 9.64 Å². The monoisotopic (exact) mass is 533 g/mol. The van der Waals surface area contributed by atoms with Crippen LogP contribution in [0.15, 0.2) is 18.3 Å². The number of thiophene rings is 1. The van der Waals surface area contributed by atoms with Gasteiger partial charge in [-0.05, 0) is 80.4 Å². The molecular weight excluding hydrogens is 498 g/mol. The summed E-state index contributed by atoms with van der Waals surface area (Å²) in [5.74, 6) is 0.128. The molecular formula is C27H36ClN3O4S. The van der Waals surface area contributed by atoms with E-state index in [1.807, 2.05) is 11.0 Å². The third-order valence-corrected chi connectivity index (χ3v) is 9.13.